The molecule has 0 aliphatic heterocycles. The highest BCUT2D eigenvalue weighted by molar-refractivity contribution is 5.96. The number of carboxylic acid groups (broad SMARTS) is 1. The molecule has 0 unspecified atom stereocenters. The van der Waals surface area contributed by atoms with E-state index >= 15 is 0 Å². The van der Waals surface area contributed by atoms with E-state index in [-0.39, 0.29) is 11.6 Å². The number of fused-ring (bicyclic) bond motifs is 1. The van der Waals surface area contributed by atoms with Gasteiger partial charge in [0.15, 0.2) is 0 Å². The fourth-order valence-corrected chi connectivity index (χ4v) is 3.18. The first kappa shape index (κ1) is 16.7. The summed E-state index contributed by atoms with van der Waals surface area (Å²) < 4.78 is 1.79. The van der Waals surface area contributed by atoms with Gasteiger partial charge in [-0.05, 0) is 42.7 Å². The van der Waals surface area contributed by atoms with Crippen LogP contribution in [0.25, 0.3) is 10.9 Å². The van der Waals surface area contributed by atoms with E-state index in [9.17, 15) is 9.90 Å². The first-order chi connectivity index (χ1) is 11.9. The third-order valence-electron chi connectivity index (χ3n) is 4.27. The van der Waals surface area contributed by atoms with Gasteiger partial charge in [0.25, 0.3) is 0 Å². The number of aromatic nitrogens is 2. The van der Waals surface area contributed by atoms with Gasteiger partial charge in [-0.15, -0.1) is 0 Å². The second kappa shape index (κ2) is 6.40. The molecule has 0 fully saturated rings. The van der Waals surface area contributed by atoms with E-state index in [1.165, 1.54) is 0 Å². The molecule has 0 aliphatic carbocycles. The Morgan fingerprint density at radius 1 is 1.32 bits per heavy atom. The Morgan fingerprint density at radius 3 is 2.72 bits per heavy atom. The number of pyridine rings is 1. The minimum Gasteiger partial charge on any atom is -0.477 e. The van der Waals surface area contributed by atoms with Gasteiger partial charge in [-0.2, -0.15) is 5.26 Å². The molecule has 0 aliphatic rings. The van der Waals surface area contributed by atoms with Crippen LogP contribution >= 0.6 is 0 Å². The number of aromatic carboxylic acids is 1. The van der Waals surface area contributed by atoms with Crippen molar-refractivity contribution in [1.82, 2.24) is 9.55 Å². The Hall–Kier alpha value is -3.13. The van der Waals surface area contributed by atoms with E-state index in [4.69, 9.17) is 5.26 Å². The molecule has 0 bridgehead atoms. The molecule has 25 heavy (non-hydrogen) atoms. The van der Waals surface area contributed by atoms with Crippen molar-refractivity contribution < 1.29 is 9.90 Å². The van der Waals surface area contributed by atoms with Crippen LogP contribution in [-0.2, 0) is 6.54 Å². The zero-order chi connectivity index (χ0) is 18.1. The highest BCUT2D eigenvalue weighted by Crippen LogP contribution is 2.30. The first-order valence-corrected chi connectivity index (χ1v) is 8.12. The second-order valence-corrected chi connectivity index (χ2v) is 6.52. The summed E-state index contributed by atoms with van der Waals surface area (Å²) in [5.74, 6) is -0.712. The molecule has 0 atom stereocenters. The van der Waals surface area contributed by atoms with Crippen molar-refractivity contribution in [1.29, 1.82) is 5.26 Å². The lowest BCUT2D eigenvalue weighted by Crippen LogP contribution is -2.11. The molecule has 2 heterocycles. The van der Waals surface area contributed by atoms with Crippen molar-refractivity contribution in [2.75, 3.05) is 0 Å². The lowest BCUT2D eigenvalue weighted by Gasteiger charge is -2.14. The summed E-state index contributed by atoms with van der Waals surface area (Å²) in [5.41, 5.74) is 4.54. The fraction of sp³-hybridized carbons (Fsp3) is 0.250. The Labute approximate surface area is 146 Å². The number of nitriles is 1. The molecule has 0 saturated carbocycles. The highest BCUT2D eigenvalue weighted by Gasteiger charge is 2.19. The first-order valence-electron chi connectivity index (χ1n) is 8.12. The molecule has 3 rings (SSSR count). The molecule has 126 valence electrons. The molecule has 3 aromatic rings. The van der Waals surface area contributed by atoms with E-state index in [0.29, 0.717) is 17.8 Å². The number of aryl methyl sites for hydroxylation is 1. The number of hydrogen-bond donors (Lipinski definition) is 1. The van der Waals surface area contributed by atoms with Crippen LogP contribution in [0.15, 0.2) is 36.5 Å². The minimum atomic E-state index is -0.972. The molecule has 0 amide bonds. The molecule has 0 saturated heterocycles. The standard InChI is InChI=1S/C20H19N3O2/c1-12(2)17-7-13(3)6-15-9-18(20(24)25)23(19(15)17)11-16-8-14(10-21)4-5-22-16/h4-9,12H,11H2,1-3H3,(H,24,25). The van der Waals surface area contributed by atoms with Crippen LogP contribution in [0, 0.1) is 18.3 Å². The summed E-state index contributed by atoms with van der Waals surface area (Å²) in [4.78, 5) is 16.1. The van der Waals surface area contributed by atoms with Gasteiger partial charge in [-0.25, -0.2) is 4.79 Å². The van der Waals surface area contributed by atoms with Crippen molar-refractivity contribution in [3.63, 3.8) is 0 Å². The van der Waals surface area contributed by atoms with Crippen LogP contribution < -0.4 is 0 Å². The Kier molecular flexibility index (Phi) is 4.28. The van der Waals surface area contributed by atoms with Crippen molar-refractivity contribution in [2.45, 2.75) is 33.2 Å². The summed E-state index contributed by atoms with van der Waals surface area (Å²) in [7, 11) is 0. The summed E-state index contributed by atoms with van der Waals surface area (Å²) in [6, 6.07) is 11.2. The molecular weight excluding hydrogens is 314 g/mol. The van der Waals surface area contributed by atoms with Gasteiger partial charge in [0, 0.05) is 11.6 Å². The quantitative estimate of drug-likeness (QED) is 0.780. The maximum Gasteiger partial charge on any atom is 0.352 e. The maximum absolute atomic E-state index is 11.8. The van der Waals surface area contributed by atoms with Crippen molar-refractivity contribution in [3.05, 3.63) is 64.6 Å². The van der Waals surface area contributed by atoms with Crippen LogP contribution in [0.1, 0.15) is 52.6 Å². The van der Waals surface area contributed by atoms with Crippen LogP contribution in [-0.4, -0.2) is 20.6 Å². The van der Waals surface area contributed by atoms with Crippen LogP contribution in [0.3, 0.4) is 0 Å². The Bertz CT molecular complexity index is 1010. The fourth-order valence-electron chi connectivity index (χ4n) is 3.18. The lowest BCUT2D eigenvalue weighted by molar-refractivity contribution is 0.0686. The average molecular weight is 333 g/mol. The summed E-state index contributed by atoms with van der Waals surface area (Å²) in [5, 5.41) is 19.6. The monoisotopic (exact) mass is 333 g/mol. The third kappa shape index (κ3) is 3.11. The normalized spacial score (nSPS) is 11.0. The summed E-state index contributed by atoms with van der Waals surface area (Å²) in [6.45, 7) is 6.52. The number of carboxylic acids is 1. The molecule has 0 radical (unpaired) electrons. The maximum atomic E-state index is 11.8. The van der Waals surface area contributed by atoms with E-state index in [0.717, 1.165) is 22.0 Å². The number of nitrogens with zero attached hydrogens (tertiary/aromatic N) is 3. The summed E-state index contributed by atoms with van der Waals surface area (Å²) >= 11 is 0. The molecule has 0 spiro atoms. The highest BCUT2D eigenvalue weighted by atomic mass is 16.4. The number of rotatable bonds is 4. The SMILES string of the molecule is Cc1cc(C(C)C)c2c(c1)cc(C(=O)O)n2Cc1cc(C#N)ccn1. The minimum absolute atomic E-state index is 0.228. The topological polar surface area (TPSA) is 78.9 Å². The van der Waals surface area contributed by atoms with Crippen molar-refractivity contribution in [2.24, 2.45) is 0 Å². The molecule has 2 aromatic heterocycles. The zero-order valence-corrected chi connectivity index (χ0v) is 14.4. The molecule has 5 heteroatoms. The Balaban J connectivity index is 2.26. The van der Waals surface area contributed by atoms with Gasteiger partial charge in [0.2, 0.25) is 0 Å². The van der Waals surface area contributed by atoms with Gasteiger partial charge in [0.1, 0.15) is 5.69 Å². The zero-order valence-electron chi connectivity index (χ0n) is 14.4. The van der Waals surface area contributed by atoms with Gasteiger partial charge in [-0.3, -0.25) is 4.98 Å². The van der Waals surface area contributed by atoms with E-state index in [2.05, 4.69) is 31.0 Å². The van der Waals surface area contributed by atoms with Gasteiger partial charge in [0.05, 0.1) is 29.4 Å². The van der Waals surface area contributed by atoms with E-state index in [1.54, 1.807) is 29.0 Å². The summed E-state index contributed by atoms with van der Waals surface area (Å²) in [6.07, 6.45) is 1.58. The Morgan fingerprint density at radius 2 is 2.08 bits per heavy atom. The lowest BCUT2D eigenvalue weighted by atomic mass is 9.98. The molecule has 1 aromatic carbocycles. The van der Waals surface area contributed by atoms with Crippen LogP contribution in [0.2, 0.25) is 0 Å². The number of benzene rings is 1. The van der Waals surface area contributed by atoms with E-state index in [1.807, 2.05) is 13.0 Å². The van der Waals surface area contributed by atoms with Crippen molar-refractivity contribution in [3.8, 4) is 6.07 Å². The average Bonchev–Trinajstić information content (AvgIpc) is 2.92. The van der Waals surface area contributed by atoms with E-state index < -0.39 is 5.97 Å². The van der Waals surface area contributed by atoms with Crippen LogP contribution in [0.4, 0.5) is 0 Å². The predicted octanol–water partition coefficient (Wildman–Crippen LogP) is 4.09. The van der Waals surface area contributed by atoms with Crippen LogP contribution in [0.5, 0.6) is 0 Å². The molecule has 1 N–H and O–H groups in total. The number of carbonyl (C=O) groups is 1. The number of hydrogen-bond acceptors (Lipinski definition) is 3. The van der Waals surface area contributed by atoms with Gasteiger partial charge >= 0.3 is 5.97 Å². The smallest absolute Gasteiger partial charge is 0.352 e. The van der Waals surface area contributed by atoms with Gasteiger partial charge in [-0.1, -0.05) is 25.5 Å². The predicted molar refractivity (Wildman–Crippen MR) is 95.8 cm³/mol. The third-order valence-corrected chi connectivity index (χ3v) is 4.27. The second-order valence-electron chi connectivity index (χ2n) is 6.52. The molecule has 5 nitrogen and oxygen atoms in total. The van der Waals surface area contributed by atoms with Crippen molar-refractivity contribution >= 4 is 16.9 Å². The largest absolute Gasteiger partial charge is 0.477 e. The van der Waals surface area contributed by atoms with Gasteiger partial charge < -0.3 is 9.67 Å². The molecular formula is C20H19N3O2.